The van der Waals surface area contributed by atoms with Crippen LogP contribution < -0.4 is 20.7 Å². The van der Waals surface area contributed by atoms with Crippen molar-refractivity contribution in [3.63, 3.8) is 0 Å². The van der Waals surface area contributed by atoms with E-state index in [-0.39, 0.29) is 17.4 Å². The quantitative estimate of drug-likeness (QED) is 0.152. The van der Waals surface area contributed by atoms with Gasteiger partial charge in [0.1, 0.15) is 11.4 Å². The van der Waals surface area contributed by atoms with Gasteiger partial charge in [-0.2, -0.15) is 0 Å². The molecule has 0 saturated heterocycles. The maximum absolute atomic E-state index is 13.3. The minimum absolute atomic E-state index is 0.0818. The number of carbonyl (C=O) groups excluding carboxylic acids is 3. The Hall–Kier alpha value is -4.82. The lowest BCUT2D eigenvalue weighted by atomic mass is 10.1. The van der Waals surface area contributed by atoms with Crippen LogP contribution in [0.3, 0.4) is 0 Å². The highest BCUT2D eigenvalue weighted by Gasteiger charge is 2.15. The van der Waals surface area contributed by atoms with Crippen LogP contribution in [0.25, 0.3) is 6.08 Å². The normalized spacial score (nSPS) is 10.9. The molecule has 7 nitrogen and oxygen atoms in total. The molecule has 0 saturated carbocycles. The molecule has 0 radical (unpaired) electrons. The van der Waals surface area contributed by atoms with Crippen LogP contribution >= 0.6 is 11.8 Å². The van der Waals surface area contributed by atoms with E-state index >= 15 is 0 Å². The first-order valence-electron chi connectivity index (χ1n) is 12.7. The van der Waals surface area contributed by atoms with Gasteiger partial charge in [0.15, 0.2) is 0 Å². The number of amides is 3. The van der Waals surface area contributed by atoms with Gasteiger partial charge >= 0.3 is 0 Å². The van der Waals surface area contributed by atoms with Crippen LogP contribution in [0.4, 0.5) is 11.4 Å². The lowest BCUT2D eigenvalue weighted by Crippen LogP contribution is -2.30. The summed E-state index contributed by atoms with van der Waals surface area (Å²) in [7, 11) is 0. The number of para-hydroxylation sites is 1. The highest BCUT2D eigenvalue weighted by atomic mass is 32.2. The number of nitrogens with one attached hydrogen (secondary N) is 3. The Balaban J connectivity index is 1.46. The number of carbonyl (C=O) groups is 3. The highest BCUT2D eigenvalue weighted by Crippen LogP contribution is 2.23. The zero-order valence-corrected chi connectivity index (χ0v) is 22.7. The monoisotopic (exact) mass is 551 g/mol. The van der Waals surface area contributed by atoms with E-state index in [0.717, 1.165) is 16.1 Å². The number of hydrogen-bond donors (Lipinski definition) is 3. The van der Waals surface area contributed by atoms with Gasteiger partial charge in [-0.3, -0.25) is 14.4 Å². The summed E-state index contributed by atoms with van der Waals surface area (Å²) in [6, 6.07) is 32.4. The fourth-order valence-electron chi connectivity index (χ4n) is 3.67. The minimum atomic E-state index is -0.484. The second-order valence-corrected chi connectivity index (χ2v) is 9.61. The van der Waals surface area contributed by atoms with E-state index in [9.17, 15) is 14.4 Å². The molecule has 202 valence electrons. The number of ether oxygens (including phenoxy) is 1. The van der Waals surface area contributed by atoms with E-state index in [1.807, 2.05) is 61.5 Å². The van der Waals surface area contributed by atoms with Gasteiger partial charge in [0.2, 0.25) is 5.91 Å². The van der Waals surface area contributed by atoms with Crippen molar-refractivity contribution in [1.29, 1.82) is 0 Å². The number of benzene rings is 4. The van der Waals surface area contributed by atoms with Gasteiger partial charge in [-0.05, 0) is 73.2 Å². The SMILES string of the molecule is CCOc1ccc(/C=C(/NC(=O)c2ccccc2)C(=O)Nc2cccc(SCC(=O)Nc3ccccc3)c2)cc1. The van der Waals surface area contributed by atoms with E-state index in [0.29, 0.717) is 23.6 Å². The number of thioether (sulfide) groups is 1. The summed E-state index contributed by atoms with van der Waals surface area (Å²) in [6.45, 7) is 2.45. The summed E-state index contributed by atoms with van der Waals surface area (Å²) in [5, 5.41) is 8.45. The van der Waals surface area contributed by atoms with Crippen LogP contribution in [0.5, 0.6) is 5.75 Å². The molecule has 8 heteroatoms. The van der Waals surface area contributed by atoms with Crippen molar-refractivity contribution in [3.8, 4) is 5.75 Å². The molecule has 0 aliphatic rings. The van der Waals surface area contributed by atoms with E-state index < -0.39 is 11.8 Å². The molecule has 40 heavy (non-hydrogen) atoms. The molecular formula is C32H29N3O4S. The second-order valence-electron chi connectivity index (χ2n) is 8.57. The second kappa shape index (κ2) is 14.4. The maximum Gasteiger partial charge on any atom is 0.272 e. The summed E-state index contributed by atoms with van der Waals surface area (Å²) in [4.78, 5) is 39.4. The Morgan fingerprint density at radius 2 is 1.45 bits per heavy atom. The third kappa shape index (κ3) is 8.61. The van der Waals surface area contributed by atoms with Crippen LogP contribution in [0.1, 0.15) is 22.8 Å². The summed E-state index contributed by atoms with van der Waals surface area (Å²) in [6.07, 6.45) is 1.61. The average molecular weight is 552 g/mol. The summed E-state index contributed by atoms with van der Waals surface area (Å²) in [5.74, 6) is -0.0909. The first kappa shape index (κ1) is 28.2. The molecule has 0 bridgehead atoms. The van der Waals surface area contributed by atoms with Gasteiger partial charge in [-0.25, -0.2) is 0 Å². The lowest BCUT2D eigenvalue weighted by Gasteiger charge is -2.12. The fraction of sp³-hybridized carbons (Fsp3) is 0.0938. The third-order valence-corrected chi connectivity index (χ3v) is 6.54. The van der Waals surface area contributed by atoms with Crippen LogP contribution in [0, 0.1) is 0 Å². The van der Waals surface area contributed by atoms with Crippen molar-refractivity contribution < 1.29 is 19.1 Å². The van der Waals surface area contributed by atoms with Gasteiger partial charge in [-0.1, -0.05) is 54.6 Å². The third-order valence-electron chi connectivity index (χ3n) is 5.55. The Morgan fingerprint density at radius 3 is 2.15 bits per heavy atom. The maximum atomic E-state index is 13.3. The predicted molar refractivity (Wildman–Crippen MR) is 160 cm³/mol. The van der Waals surface area contributed by atoms with E-state index in [1.165, 1.54) is 11.8 Å². The number of hydrogen-bond acceptors (Lipinski definition) is 5. The average Bonchev–Trinajstić information content (AvgIpc) is 2.98. The Kier molecular flexibility index (Phi) is 10.1. The summed E-state index contributed by atoms with van der Waals surface area (Å²) >= 11 is 1.35. The molecule has 4 aromatic rings. The standard InChI is InChI=1S/C32H29N3O4S/c1-2-39-27-18-16-23(17-19-27)20-29(35-31(37)24-10-5-3-6-11-24)32(38)34-26-14-9-15-28(21-26)40-22-30(36)33-25-12-7-4-8-13-25/h3-21H,2,22H2,1H3,(H,33,36)(H,34,38)(H,35,37)/b29-20+. The van der Waals surface area contributed by atoms with Crippen molar-refractivity contribution in [2.45, 2.75) is 11.8 Å². The van der Waals surface area contributed by atoms with Crippen LogP contribution in [0.2, 0.25) is 0 Å². The smallest absolute Gasteiger partial charge is 0.272 e. The lowest BCUT2D eigenvalue weighted by molar-refractivity contribution is -0.114. The van der Waals surface area contributed by atoms with E-state index in [2.05, 4.69) is 16.0 Å². The van der Waals surface area contributed by atoms with E-state index in [4.69, 9.17) is 4.74 Å². The highest BCUT2D eigenvalue weighted by molar-refractivity contribution is 8.00. The van der Waals surface area contributed by atoms with Crippen LogP contribution in [0.15, 0.2) is 120 Å². The fourth-order valence-corrected chi connectivity index (χ4v) is 4.42. The molecule has 0 atom stereocenters. The largest absolute Gasteiger partial charge is 0.494 e. The predicted octanol–water partition coefficient (Wildman–Crippen LogP) is 6.23. The Bertz CT molecular complexity index is 1470. The molecule has 0 spiro atoms. The first-order chi connectivity index (χ1) is 19.5. The van der Waals surface area contributed by atoms with Gasteiger partial charge in [0.05, 0.1) is 12.4 Å². The minimum Gasteiger partial charge on any atom is -0.494 e. The topological polar surface area (TPSA) is 96.5 Å². The molecule has 0 unspecified atom stereocenters. The number of anilines is 2. The molecule has 4 rings (SSSR count). The van der Waals surface area contributed by atoms with Gasteiger partial charge in [0, 0.05) is 21.8 Å². The van der Waals surface area contributed by atoms with Crippen molar-refractivity contribution in [2.24, 2.45) is 0 Å². The molecule has 0 aliphatic carbocycles. The van der Waals surface area contributed by atoms with Crippen molar-refractivity contribution in [3.05, 3.63) is 126 Å². The van der Waals surface area contributed by atoms with Gasteiger partial charge in [0.25, 0.3) is 11.8 Å². The summed E-state index contributed by atoms with van der Waals surface area (Å²) in [5.41, 5.74) is 2.50. The molecule has 3 N–H and O–H groups in total. The van der Waals surface area contributed by atoms with Crippen LogP contribution in [-0.4, -0.2) is 30.1 Å². The van der Waals surface area contributed by atoms with Gasteiger partial charge < -0.3 is 20.7 Å². The molecule has 3 amide bonds. The van der Waals surface area contributed by atoms with Crippen molar-refractivity contribution in [2.75, 3.05) is 23.0 Å². The van der Waals surface area contributed by atoms with E-state index in [1.54, 1.807) is 60.7 Å². The molecule has 4 aromatic carbocycles. The summed E-state index contributed by atoms with van der Waals surface area (Å²) < 4.78 is 5.49. The molecule has 0 aliphatic heterocycles. The zero-order chi connectivity index (χ0) is 28.2. The Morgan fingerprint density at radius 1 is 0.775 bits per heavy atom. The molecule has 0 fully saturated rings. The van der Waals surface area contributed by atoms with Crippen LogP contribution in [-0.2, 0) is 9.59 Å². The van der Waals surface area contributed by atoms with Crippen molar-refractivity contribution >= 4 is 46.9 Å². The zero-order valence-electron chi connectivity index (χ0n) is 21.9. The molecule has 0 aromatic heterocycles. The Labute approximate surface area is 237 Å². The van der Waals surface area contributed by atoms with Crippen molar-refractivity contribution in [1.82, 2.24) is 5.32 Å². The molecule has 0 heterocycles. The van der Waals surface area contributed by atoms with Gasteiger partial charge in [-0.15, -0.1) is 11.8 Å². The molecular weight excluding hydrogens is 522 g/mol. The number of rotatable bonds is 11. The first-order valence-corrected chi connectivity index (χ1v) is 13.7.